The van der Waals surface area contributed by atoms with E-state index in [9.17, 15) is 4.39 Å². The molecular weight excluding hydrogens is 265 g/mol. The summed E-state index contributed by atoms with van der Waals surface area (Å²) in [5.74, 6) is -0.438. The summed E-state index contributed by atoms with van der Waals surface area (Å²) in [5.41, 5.74) is 2.14. The Hall–Kier alpha value is -1.94. The summed E-state index contributed by atoms with van der Waals surface area (Å²) in [6.45, 7) is 4.25. The number of aromatic nitrogens is 1. The minimum Gasteiger partial charge on any atom is -0.381 e. The van der Waals surface area contributed by atoms with Gasteiger partial charge in [0.25, 0.3) is 0 Å². The van der Waals surface area contributed by atoms with E-state index in [0.29, 0.717) is 12.1 Å². The zero-order chi connectivity index (χ0) is 14.7. The van der Waals surface area contributed by atoms with E-state index in [1.807, 2.05) is 12.1 Å². The van der Waals surface area contributed by atoms with Crippen molar-refractivity contribution >= 4 is 5.69 Å². The Bertz CT molecular complexity index is 588. The highest BCUT2D eigenvalue weighted by Crippen LogP contribution is 2.23. The van der Waals surface area contributed by atoms with Crippen molar-refractivity contribution in [2.24, 2.45) is 0 Å². The Morgan fingerprint density at radius 3 is 2.86 bits per heavy atom. The molecule has 0 amide bonds. The number of halogens is 1. The number of rotatable bonds is 4. The van der Waals surface area contributed by atoms with Gasteiger partial charge in [-0.05, 0) is 25.0 Å². The minimum atomic E-state index is -0.438. The summed E-state index contributed by atoms with van der Waals surface area (Å²) in [7, 11) is 0. The van der Waals surface area contributed by atoms with E-state index in [0.717, 1.165) is 25.2 Å². The molecule has 1 aliphatic heterocycles. The SMILES string of the molecule is CC1C(Nc2ccnc(F)c2)CCN1Cc1ccccc1. The van der Waals surface area contributed by atoms with Crippen molar-refractivity contribution < 1.29 is 4.39 Å². The van der Waals surface area contributed by atoms with E-state index in [4.69, 9.17) is 0 Å². The van der Waals surface area contributed by atoms with Crippen molar-refractivity contribution in [1.29, 1.82) is 0 Å². The van der Waals surface area contributed by atoms with Crippen LogP contribution in [0, 0.1) is 5.95 Å². The number of pyridine rings is 1. The fourth-order valence-electron chi connectivity index (χ4n) is 2.94. The molecule has 2 aromatic rings. The lowest BCUT2D eigenvalue weighted by atomic mass is 10.1. The standard InChI is InChI=1S/C17H20FN3/c1-13-16(20-15-7-9-19-17(18)11-15)8-10-21(13)12-14-5-3-2-4-6-14/h2-7,9,11,13,16H,8,10,12H2,1H3,(H,19,20). The minimum absolute atomic E-state index is 0.343. The van der Waals surface area contributed by atoms with E-state index in [2.05, 4.69) is 46.4 Å². The van der Waals surface area contributed by atoms with Crippen LogP contribution >= 0.6 is 0 Å². The summed E-state index contributed by atoms with van der Waals surface area (Å²) in [5, 5.41) is 3.43. The number of nitrogens with zero attached hydrogens (tertiary/aromatic N) is 2. The van der Waals surface area contributed by atoms with Gasteiger partial charge in [-0.2, -0.15) is 4.39 Å². The molecule has 4 heteroatoms. The third-order valence-electron chi connectivity index (χ3n) is 4.19. The number of likely N-dealkylation sites (tertiary alicyclic amines) is 1. The van der Waals surface area contributed by atoms with E-state index in [1.54, 1.807) is 0 Å². The Kier molecular flexibility index (Phi) is 4.15. The second kappa shape index (κ2) is 6.22. The molecule has 0 saturated carbocycles. The monoisotopic (exact) mass is 285 g/mol. The van der Waals surface area contributed by atoms with Gasteiger partial charge in [0, 0.05) is 43.1 Å². The van der Waals surface area contributed by atoms with Crippen LogP contribution in [0.1, 0.15) is 18.9 Å². The number of benzene rings is 1. The van der Waals surface area contributed by atoms with Crippen LogP contribution in [0.3, 0.4) is 0 Å². The normalized spacial score (nSPS) is 22.4. The van der Waals surface area contributed by atoms with Crippen molar-refractivity contribution in [1.82, 2.24) is 9.88 Å². The van der Waals surface area contributed by atoms with Crippen LogP contribution in [0.2, 0.25) is 0 Å². The van der Waals surface area contributed by atoms with Crippen molar-refractivity contribution in [2.75, 3.05) is 11.9 Å². The molecular formula is C17H20FN3. The highest BCUT2D eigenvalue weighted by molar-refractivity contribution is 5.43. The average molecular weight is 285 g/mol. The summed E-state index contributed by atoms with van der Waals surface area (Å²) in [4.78, 5) is 6.05. The smallest absolute Gasteiger partial charge is 0.214 e. The van der Waals surface area contributed by atoms with Crippen LogP contribution in [0.4, 0.5) is 10.1 Å². The predicted octanol–water partition coefficient (Wildman–Crippen LogP) is 3.30. The van der Waals surface area contributed by atoms with Gasteiger partial charge in [0.05, 0.1) is 0 Å². The van der Waals surface area contributed by atoms with Crippen LogP contribution in [-0.2, 0) is 6.54 Å². The maximum atomic E-state index is 13.1. The first-order valence-electron chi connectivity index (χ1n) is 7.38. The van der Waals surface area contributed by atoms with E-state index in [1.165, 1.54) is 17.8 Å². The Morgan fingerprint density at radius 2 is 2.10 bits per heavy atom. The first-order valence-corrected chi connectivity index (χ1v) is 7.38. The molecule has 1 aromatic heterocycles. The Labute approximate surface area is 124 Å². The van der Waals surface area contributed by atoms with E-state index >= 15 is 0 Å². The second-order valence-corrected chi connectivity index (χ2v) is 5.60. The largest absolute Gasteiger partial charge is 0.381 e. The molecule has 0 bridgehead atoms. The van der Waals surface area contributed by atoms with Crippen molar-refractivity contribution in [3.63, 3.8) is 0 Å². The third kappa shape index (κ3) is 3.39. The topological polar surface area (TPSA) is 28.2 Å². The highest BCUT2D eigenvalue weighted by atomic mass is 19.1. The maximum Gasteiger partial charge on any atom is 0.214 e. The Balaban J connectivity index is 1.62. The molecule has 0 spiro atoms. The lowest BCUT2D eigenvalue weighted by Crippen LogP contribution is -2.35. The average Bonchev–Trinajstić information content (AvgIpc) is 2.82. The van der Waals surface area contributed by atoms with Crippen LogP contribution in [-0.4, -0.2) is 28.5 Å². The number of anilines is 1. The zero-order valence-electron chi connectivity index (χ0n) is 12.2. The summed E-state index contributed by atoms with van der Waals surface area (Å²) in [6, 6.07) is 14.5. The molecule has 0 aliphatic carbocycles. The predicted molar refractivity (Wildman–Crippen MR) is 82.5 cm³/mol. The van der Waals surface area contributed by atoms with E-state index in [-0.39, 0.29) is 0 Å². The van der Waals surface area contributed by atoms with Crippen LogP contribution < -0.4 is 5.32 Å². The van der Waals surface area contributed by atoms with Gasteiger partial charge < -0.3 is 5.32 Å². The van der Waals surface area contributed by atoms with Gasteiger partial charge in [-0.1, -0.05) is 30.3 Å². The van der Waals surface area contributed by atoms with Crippen LogP contribution in [0.15, 0.2) is 48.7 Å². The van der Waals surface area contributed by atoms with Crippen LogP contribution in [0.25, 0.3) is 0 Å². The van der Waals surface area contributed by atoms with Gasteiger partial charge in [0.2, 0.25) is 5.95 Å². The lowest BCUT2D eigenvalue weighted by Gasteiger charge is -2.25. The molecule has 1 N–H and O–H groups in total. The molecule has 3 nitrogen and oxygen atoms in total. The molecule has 0 radical (unpaired) electrons. The third-order valence-corrected chi connectivity index (χ3v) is 4.19. The Morgan fingerprint density at radius 1 is 1.29 bits per heavy atom. The van der Waals surface area contributed by atoms with Gasteiger partial charge in [-0.3, -0.25) is 4.90 Å². The van der Waals surface area contributed by atoms with Gasteiger partial charge in [0.15, 0.2) is 0 Å². The van der Waals surface area contributed by atoms with Gasteiger partial charge in [-0.15, -0.1) is 0 Å². The number of nitrogens with one attached hydrogen (secondary N) is 1. The number of hydrogen-bond donors (Lipinski definition) is 1. The molecule has 1 aliphatic rings. The molecule has 1 fully saturated rings. The lowest BCUT2D eigenvalue weighted by molar-refractivity contribution is 0.255. The molecule has 21 heavy (non-hydrogen) atoms. The molecule has 2 atom stereocenters. The second-order valence-electron chi connectivity index (χ2n) is 5.60. The highest BCUT2D eigenvalue weighted by Gasteiger charge is 2.30. The van der Waals surface area contributed by atoms with E-state index < -0.39 is 5.95 Å². The van der Waals surface area contributed by atoms with Crippen LogP contribution in [0.5, 0.6) is 0 Å². The zero-order valence-corrected chi connectivity index (χ0v) is 12.2. The molecule has 3 rings (SSSR count). The quantitative estimate of drug-likeness (QED) is 0.874. The molecule has 1 saturated heterocycles. The van der Waals surface area contributed by atoms with Crippen molar-refractivity contribution in [2.45, 2.75) is 32.0 Å². The molecule has 110 valence electrons. The summed E-state index contributed by atoms with van der Waals surface area (Å²) < 4.78 is 13.1. The van der Waals surface area contributed by atoms with Crippen molar-refractivity contribution in [3.05, 3.63) is 60.2 Å². The fourth-order valence-corrected chi connectivity index (χ4v) is 2.94. The van der Waals surface area contributed by atoms with Crippen molar-refractivity contribution in [3.8, 4) is 0 Å². The van der Waals surface area contributed by atoms with Gasteiger partial charge in [-0.25, -0.2) is 4.98 Å². The fraction of sp³-hybridized carbons (Fsp3) is 0.353. The first-order chi connectivity index (χ1) is 10.2. The molecule has 2 heterocycles. The molecule has 2 unspecified atom stereocenters. The molecule has 1 aromatic carbocycles. The summed E-state index contributed by atoms with van der Waals surface area (Å²) >= 11 is 0. The maximum absolute atomic E-state index is 13.1. The first kappa shape index (κ1) is 14.0. The van der Waals surface area contributed by atoms with Gasteiger partial charge >= 0.3 is 0 Å². The van der Waals surface area contributed by atoms with Gasteiger partial charge in [0.1, 0.15) is 0 Å². The number of hydrogen-bond acceptors (Lipinski definition) is 3. The summed E-state index contributed by atoms with van der Waals surface area (Å²) in [6.07, 6.45) is 2.57.